The molecule has 1 amide bonds. The van der Waals surface area contributed by atoms with Crippen LogP contribution in [0.5, 0.6) is 0 Å². The number of benzene rings is 1. The molecule has 0 bridgehead atoms. The lowest BCUT2D eigenvalue weighted by atomic mass is 10.2. The molecular formula is C13H9BrCl3N3O. The molecule has 2 aromatic rings. The van der Waals surface area contributed by atoms with Gasteiger partial charge in [0.15, 0.2) is 0 Å². The first-order valence-corrected chi connectivity index (χ1v) is 7.64. The molecular weight excluding hydrogens is 400 g/mol. The topological polar surface area (TPSA) is 54.0 Å². The second kappa shape index (κ2) is 6.83. The highest BCUT2D eigenvalue weighted by Gasteiger charge is 2.14. The number of hydrogen-bond donors (Lipinski definition) is 2. The van der Waals surface area contributed by atoms with E-state index >= 15 is 0 Å². The van der Waals surface area contributed by atoms with Crippen LogP contribution in [0.4, 0.5) is 11.5 Å². The molecule has 2 rings (SSSR count). The summed E-state index contributed by atoms with van der Waals surface area (Å²) >= 11 is 21.4. The molecule has 1 aromatic carbocycles. The van der Waals surface area contributed by atoms with Gasteiger partial charge in [-0.1, -0.05) is 50.7 Å². The van der Waals surface area contributed by atoms with Gasteiger partial charge in [0.1, 0.15) is 5.82 Å². The number of carbonyl (C=O) groups excluding carboxylic acids is 1. The Labute approximate surface area is 144 Å². The number of rotatable bonds is 3. The average Bonchev–Trinajstić information content (AvgIpc) is 2.42. The zero-order chi connectivity index (χ0) is 15.6. The number of aromatic nitrogens is 1. The van der Waals surface area contributed by atoms with Crippen LogP contribution in [0, 0.1) is 0 Å². The number of anilines is 2. The van der Waals surface area contributed by atoms with E-state index in [1.165, 1.54) is 12.3 Å². The standard InChI is InChI=1S/C13H9BrCl3N3O/c1-18-12-10(17)2-6(5-19-12)13(21)20-11-8(15)3-7(14)4-9(11)16/h2-5H,1H3,(H,18,19)(H,20,21). The summed E-state index contributed by atoms with van der Waals surface area (Å²) < 4.78 is 0.721. The highest BCUT2D eigenvalue weighted by atomic mass is 79.9. The number of pyridine rings is 1. The number of amides is 1. The van der Waals surface area contributed by atoms with E-state index in [1.807, 2.05) is 0 Å². The predicted octanol–water partition coefficient (Wildman–Crippen LogP) is 5.10. The fourth-order valence-corrected chi connectivity index (χ4v) is 3.16. The Hall–Kier alpha value is -1.01. The molecule has 1 aromatic heterocycles. The molecule has 0 aliphatic rings. The lowest BCUT2D eigenvalue weighted by Crippen LogP contribution is -2.13. The van der Waals surface area contributed by atoms with Gasteiger partial charge in [-0.2, -0.15) is 0 Å². The van der Waals surface area contributed by atoms with E-state index in [1.54, 1.807) is 19.2 Å². The average molecular weight is 409 g/mol. The molecule has 0 aliphatic heterocycles. The quantitative estimate of drug-likeness (QED) is 0.742. The van der Waals surface area contributed by atoms with Crippen molar-refractivity contribution < 1.29 is 4.79 Å². The normalized spacial score (nSPS) is 10.3. The molecule has 0 saturated heterocycles. The highest BCUT2D eigenvalue weighted by Crippen LogP contribution is 2.34. The van der Waals surface area contributed by atoms with Gasteiger partial charge in [-0.25, -0.2) is 4.98 Å². The Morgan fingerprint density at radius 2 is 1.76 bits per heavy atom. The molecule has 1 heterocycles. The third-order valence-electron chi connectivity index (χ3n) is 2.59. The first-order chi connectivity index (χ1) is 9.92. The number of nitrogens with zero attached hydrogens (tertiary/aromatic N) is 1. The maximum atomic E-state index is 12.2. The van der Waals surface area contributed by atoms with Crippen LogP contribution in [0.1, 0.15) is 10.4 Å². The monoisotopic (exact) mass is 407 g/mol. The Balaban J connectivity index is 2.28. The van der Waals surface area contributed by atoms with Gasteiger partial charge >= 0.3 is 0 Å². The fourth-order valence-electron chi connectivity index (χ4n) is 1.59. The van der Waals surface area contributed by atoms with E-state index in [0.717, 1.165) is 4.47 Å². The van der Waals surface area contributed by atoms with Crippen molar-refractivity contribution in [2.45, 2.75) is 0 Å². The van der Waals surface area contributed by atoms with Gasteiger partial charge in [-0.3, -0.25) is 4.79 Å². The third kappa shape index (κ3) is 3.80. The second-order valence-corrected chi connectivity index (χ2v) is 6.14. The summed E-state index contributed by atoms with van der Waals surface area (Å²) in [6.07, 6.45) is 1.41. The van der Waals surface area contributed by atoms with Gasteiger partial charge in [-0.05, 0) is 18.2 Å². The van der Waals surface area contributed by atoms with Crippen LogP contribution in [0.25, 0.3) is 0 Å². The molecule has 4 nitrogen and oxygen atoms in total. The molecule has 2 N–H and O–H groups in total. The summed E-state index contributed by atoms with van der Waals surface area (Å²) in [4.78, 5) is 16.2. The zero-order valence-electron chi connectivity index (χ0n) is 10.7. The van der Waals surface area contributed by atoms with Crippen LogP contribution in [0.15, 0.2) is 28.9 Å². The second-order valence-electron chi connectivity index (χ2n) is 4.00. The van der Waals surface area contributed by atoms with Crippen LogP contribution >= 0.6 is 50.7 Å². The van der Waals surface area contributed by atoms with E-state index in [-0.39, 0.29) is 0 Å². The van der Waals surface area contributed by atoms with Crippen molar-refractivity contribution in [3.05, 3.63) is 49.5 Å². The first-order valence-electron chi connectivity index (χ1n) is 5.71. The number of halogens is 4. The Kier molecular flexibility index (Phi) is 5.32. The molecule has 21 heavy (non-hydrogen) atoms. The van der Waals surface area contributed by atoms with Gasteiger partial charge in [0.05, 0.1) is 26.3 Å². The first kappa shape index (κ1) is 16.4. The van der Waals surface area contributed by atoms with Gasteiger partial charge in [0.2, 0.25) is 0 Å². The van der Waals surface area contributed by atoms with E-state index in [2.05, 4.69) is 31.5 Å². The van der Waals surface area contributed by atoms with Crippen LogP contribution in [-0.2, 0) is 0 Å². The van der Waals surface area contributed by atoms with Gasteiger partial charge in [0, 0.05) is 17.7 Å². The molecule has 0 radical (unpaired) electrons. The molecule has 0 atom stereocenters. The van der Waals surface area contributed by atoms with Crippen molar-refractivity contribution in [2.24, 2.45) is 0 Å². The largest absolute Gasteiger partial charge is 0.372 e. The summed E-state index contributed by atoms with van der Waals surface area (Å²) in [5.41, 5.74) is 0.634. The van der Waals surface area contributed by atoms with Gasteiger partial charge in [-0.15, -0.1) is 0 Å². The van der Waals surface area contributed by atoms with Crippen molar-refractivity contribution in [3.8, 4) is 0 Å². The summed E-state index contributed by atoms with van der Waals surface area (Å²) in [6.45, 7) is 0. The van der Waals surface area contributed by atoms with E-state index in [4.69, 9.17) is 34.8 Å². The predicted molar refractivity (Wildman–Crippen MR) is 90.9 cm³/mol. The fraction of sp³-hybridized carbons (Fsp3) is 0.0769. The van der Waals surface area contributed by atoms with Crippen LogP contribution < -0.4 is 10.6 Å². The SMILES string of the molecule is CNc1ncc(C(=O)Nc2c(Cl)cc(Br)cc2Cl)cc1Cl. The van der Waals surface area contributed by atoms with Crippen molar-refractivity contribution >= 4 is 68.1 Å². The molecule has 8 heteroatoms. The number of carbonyl (C=O) groups is 1. The van der Waals surface area contributed by atoms with Gasteiger partial charge in [0.25, 0.3) is 5.91 Å². The summed E-state index contributed by atoms with van der Waals surface area (Å²) in [5.74, 6) is 0.0890. The number of hydrogen-bond acceptors (Lipinski definition) is 3. The maximum absolute atomic E-state index is 12.2. The third-order valence-corrected chi connectivity index (χ3v) is 3.93. The van der Waals surface area contributed by atoms with Crippen LogP contribution in [-0.4, -0.2) is 17.9 Å². The Morgan fingerprint density at radius 3 is 2.29 bits per heavy atom. The lowest BCUT2D eigenvalue weighted by molar-refractivity contribution is 0.102. The molecule has 0 saturated carbocycles. The molecule has 0 fully saturated rings. The van der Waals surface area contributed by atoms with E-state index in [9.17, 15) is 4.79 Å². The van der Waals surface area contributed by atoms with Crippen LogP contribution in [0.2, 0.25) is 15.1 Å². The van der Waals surface area contributed by atoms with E-state index < -0.39 is 5.91 Å². The number of nitrogens with one attached hydrogen (secondary N) is 2. The van der Waals surface area contributed by atoms with Crippen LogP contribution in [0.3, 0.4) is 0 Å². The minimum absolute atomic E-state index is 0.300. The highest BCUT2D eigenvalue weighted by molar-refractivity contribution is 9.10. The maximum Gasteiger partial charge on any atom is 0.257 e. The van der Waals surface area contributed by atoms with Crippen molar-refractivity contribution in [2.75, 3.05) is 17.7 Å². The van der Waals surface area contributed by atoms with Crippen molar-refractivity contribution in [1.82, 2.24) is 4.98 Å². The Bertz CT molecular complexity index is 686. The molecule has 0 aliphatic carbocycles. The minimum Gasteiger partial charge on any atom is -0.372 e. The minimum atomic E-state index is -0.404. The summed E-state index contributed by atoms with van der Waals surface area (Å²) in [6, 6.07) is 4.78. The smallest absolute Gasteiger partial charge is 0.257 e. The van der Waals surface area contributed by atoms with Gasteiger partial charge < -0.3 is 10.6 Å². The molecule has 0 spiro atoms. The summed E-state index contributed by atoms with van der Waals surface area (Å²) in [5, 5.41) is 6.46. The lowest BCUT2D eigenvalue weighted by Gasteiger charge is -2.10. The Morgan fingerprint density at radius 1 is 1.14 bits per heavy atom. The summed E-state index contributed by atoms with van der Waals surface area (Å²) in [7, 11) is 1.69. The molecule has 110 valence electrons. The van der Waals surface area contributed by atoms with Crippen molar-refractivity contribution in [3.63, 3.8) is 0 Å². The zero-order valence-corrected chi connectivity index (χ0v) is 14.5. The molecule has 0 unspecified atom stereocenters. The van der Waals surface area contributed by atoms with E-state index in [0.29, 0.717) is 32.1 Å². The van der Waals surface area contributed by atoms with Crippen molar-refractivity contribution in [1.29, 1.82) is 0 Å².